The van der Waals surface area contributed by atoms with Crippen LogP contribution in [0.25, 0.3) is 0 Å². The van der Waals surface area contributed by atoms with Crippen molar-refractivity contribution in [1.82, 2.24) is 14.9 Å². The van der Waals surface area contributed by atoms with E-state index in [1.165, 1.54) is 36.0 Å². The zero-order chi connectivity index (χ0) is 22.9. The molecule has 0 fully saturated rings. The Morgan fingerprint density at radius 2 is 1.78 bits per heavy atom. The molecule has 0 atom stereocenters. The number of hydrogen-bond donors (Lipinski definition) is 1. The van der Waals surface area contributed by atoms with E-state index in [1.54, 1.807) is 6.07 Å². The minimum atomic E-state index is -0.355. The highest BCUT2D eigenvalue weighted by Crippen LogP contribution is 2.23. The summed E-state index contributed by atoms with van der Waals surface area (Å²) in [5.41, 5.74) is 1.69. The number of nitrogens with zero attached hydrogens (tertiary/aromatic N) is 4. The molecule has 0 saturated heterocycles. The van der Waals surface area contributed by atoms with Crippen molar-refractivity contribution in [3.63, 3.8) is 0 Å². The first kappa shape index (κ1) is 24.0. The molecule has 0 radical (unpaired) electrons. The maximum atomic E-state index is 13.0. The lowest BCUT2D eigenvalue weighted by molar-refractivity contribution is -0.113. The van der Waals surface area contributed by atoms with Gasteiger partial charge in [0.25, 0.3) is 0 Å². The second-order valence-electron chi connectivity index (χ2n) is 7.39. The predicted molar refractivity (Wildman–Crippen MR) is 129 cm³/mol. The number of aromatic nitrogens is 2. The van der Waals surface area contributed by atoms with Crippen molar-refractivity contribution >= 4 is 40.8 Å². The molecule has 3 rings (SSSR count). The molecular formula is C23H25ClFN5OS. The van der Waals surface area contributed by atoms with E-state index in [9.17, 15) is 9.18 Å². The number of thioether (sulfide) groups is 1. The van der Waals surface area contributed by atoms with Crippen molar-refractivity contribution in [2.24, 2.45) is 0 Å². The summed E-state index contributed by atoms with van der Waals surface area (Å²) in [7, 11) is 4.04. The Morgan fingerprint density at radius 3 is 2.47 bits per heavy atom. The van der Waals surface area contributed by atoms with Gasteiger partial charge in [-0.25, -0.2) is 14.4 Å². The Bertz CT molecular complexity index is 1020. The summed E-state index contributed by atoms with van der Waals surface area (Å²) in [6.07, 6.45) is 0. The molecule has 1 aromatic heterocycles. The van der Waals surface area contributed by atoms with Gasteiger partial charge >= 0.3 is 0 Å². The van der Waals surface area contributed by atoms with Crippen molar-refractivity contribution < 1.29 is 9.18 Å². The number of likely N-dealkylation sites (N-methyl/N-ethyl adjacent to an activating group) is 1. The summed E-state index contributed by atoms with van der Waals surface area (Å²) in [6.45, 7) is 2.28. The van der Waals surface area contributed by atoms with Gasteiger partial charge in [0.15, 0.2) is 5.16 Å². The Balaban J connectivity index is 1.69. The van der Waals surface area contributed by atoms with Crippen LogP contribution >= 0.6 is 23.4 Å². The van der Waals surface area contributed by atoms with E-state index in [0.717, 1.165) is 18.7 Å². The molecule has 1 amide bonds. The molecular weight excluding hydrogens is 449 g/mol. The summed E-state index contributed by atoms with van der Waals surface area (Å²) in [6, 6.07) is 17.5. The number of carbonyl (C=O) groups excluding carboxylic acids is 1. The van der Waals surface area contributed by atoms with Crippen LogP contribution in [0.3, 0.4) is 0 Å². The topological polar surface area (TPSA) is 61.4 Å². The molecule has 0 aliphatic heterocycles. The third-order valence-electron chi connectivity index (χ3n) is 4.48. The van der Waals surface area contributed by atoms with Gasteiger partial charge in [0, 0.05) is 31.4 Å². The molecule has 0 bridgehead atoms. The number of anilines is 2. The Morgan fingerprint density at radius 1 is 1.06 bits per heavy atom. The van der Waals surface area contributed by atoms with Crippen molar-refractivity contribution in [1.29, 1.82) is 0 Å². The minimum absolute atomic E-state index is 0.105. The first-order valence-corrected chi connectivity index (χ1v) is 11.4. The highest BCUT2D eigenvalue weighted by Gasteiger charge is 2.14. The monoisotopic (exact) mass is 473 g/mol. The second kappa shape index (κ2) is 11.8. The van der Waals surface area contributed by atoms with Gasteiger partial charge < -0.3 is 15.1 Å². The van der Waals surface area contributed by atoms with Gasteiger partial charge in [0.2, 0.25) is 5.91 Å². The molecule has 1 heterocycles. The van der Waals surface area contributed by atoms with E-state index in [4.69, 9.17) is 11.6 Å². The molecule has 1 N–H and O–H groups in total. The van der Waals surface area contributed by atoms with Gasteiger partial charge in [0.1, 0.15) is 16.8 Å². The minimum Gasteiger partial charge on any atom is -0.351 e. The van der Waals surface area contributed by atoms with Crippen LogP contribution in [-0.2, 0) is 11.3 Å². The number of nitrogens with one attached hydrogen (secondary N) is 1. The molecule has 0 aliphatic carbocycles. The molecule has 9 heteroatoms. The van der Waals surface area contributed by atoms with Crippen LogP contribution in [-0.4, -0.2) is 53.7 Å². The summed E-state index contributed by atoms with van der Waals surface area (Å²) in [5, 5.41) is 3.47. The van der Waals surface area contributed by atoms with Crippen molar-refractivity contribution in [2.45, 2.75) is 11.7 Å². The van der Waals surface area contributed by atoms with E-state index in [1.807, 2.05) is 32.3 Å². The third-order valence-corrected chi connectivity index (χ3v) is 5.52. The van der Waals surface area contributed by atoms with Gasteiger partial charge in [-0.2, -0.15) is 0 Å². The van der Waals surface area contributed by atoms with Crippen molar-refractivity contribution in [3.8, 4) is 0 Å². The van der Waals surface area contributed by atoms with Gasteiger partial charge in [-0.15, -0.1) is 0 Å². The van der Waals surface area contributed by atoms with Crippen LogP contribution in [0, 0.1) is 5.82 Å². The smallest absolute Gasteiger partial charge is 0.234 e. The molecule has 0 unspecified atom stereocenters. The van der Waals surface area contributed by atoms with Crippen LogP contribution in [0.1, 0.15) is 5.56 Å². The van der Waals surface area contributed by atoms with Crippen LogP contribution in [0.4, 0.5) is 15.9 Å². The Labute approximate surface area is 196 Å². The number of benzene rings is 2. The first-order valence-electron chi connectivity index (χ1n) is 10.1. The van der Waals surface area contributed by atoms with Gasteiger partial charge in [0.05, 0.1) is 5.75 Å². The second-order valence-corrected chi connectivity index (χ2v) is 8.72. The molecule has 2 aromatic carbocycles. The van der Waals surface area contributed by atoms with E-state index < -0.39 is 0 Å². The van der Waals surface area contributed by atoms with E-state index in [2.05, 4.69) is 37.2 Å². The fraction of sp³-hybridized carbons (Fsp3) is 0.261. The quantitative estimate of drug-likeness (QED) is 0.264. The van der Waals surface area contributed by atoms with E-state index in [-0.39, 0.29) is 17.5 Å². The normalized spacial score (nSPS) is 10.9. The Hall–Kier alpha value is -2.68. The summed E-state index contributed by atoms with van der Waals surface area (Å²) < 4.78 is 13.0. The van der Waals surface area contributed by atoms with Gasteiger partial charge in [-0.05, 0) is 43.9 Å². The highest BCUT2D eigenvalue weighted by molar-refractivity contribution is 7.99. The number of hydrogen-bond acceptors (Lipinski definition) is 6. The molecule has 0 spiro atoms. The summed E-state index contributed by atoms with van der Waals surface area (Å²) in [5.74, 6) is 0.220. The maximum absolute atomic E-state index is 13.0. The fourth-order valence-electron chi connectivity index (χ4n) is 2.87. The van der Waals surface area contributed by atoms with Gasteiger partial charge in [-0.1, -0.05) is 53.7 Å². The Kier molecular flexibility index (Phi) is 8.84. The molecule has 6 nitrogen and oxygen atoms in total. The van der Waals surface area contributed by atoms with E-state index >= 15 is 0 Å². The highest BCUT2D eigenvalue weighted by atomic mass is 35.5. The van der Waals surface area contributed by atoms with Crippen LogP contribution in [0.5, 0.6) is 0 Å². The molecule has 3 aromatic rings. The lowest BCUT2D eigenvalue weighted by atomic mass is 10.2. The number of halogens is 2. The molecule has 0 saturated carbocycles. The molecule has 0 aliphatic rings. The fourth-order valence-corrected chi connectivity index (χ4v) is 3.75. The lowest BCUT2D eigenvalue weighted by Gasteiger charge is -2.26. The maximum Gasteiger partial charge on any atom is 0.234 e. The summed E-state index contributed by atoms with van der Waals surface area (Å²) >= 11 is 7.48. The van der Waals surface area contributed by atoms with Crippen molar-refractivity contribution in [2.75, 3.05) is 43.2 Å². The van der Waals surface area contributed by atoms with E-state index in [0.29, 0.717) is 28.4 Å². The number of rotatable bonds is 10. The van der Waals surface area contributed by atoms with Crippen LogP contribution in [0.2, 0.25) is 5.15 Å². The number of carbonyl (C=O) groups is 1. The third kappa shape index (κ3) is 7.78. The number of amides is 1. The zero-order valence-electron chi connectivity index (χ0n) is 18.0. The lowest BCUT2D eigenvalue weighted by Crippen LogP contribution is -2.32. The van der Waals surface area contributed by atoms with Crippen LogP contribution < -0.4 is 10.2 Å². The molecule has 32 heavy (non-hydrogen) atoms. The summed E-state index contributed by atoms with van der Waals surface area (Å²) in [4.78, 5) is 25.4. The van der Waals surface area contributed by atoms with Crippen LogP contribution in [0.15, 0.2) is 65.8 Å². The average molecular weight is 474 g/mol. The predicted octanol–water partition coefficient (Wildman–Crippen LogP) is 4.57. The first-order chi connectivity index (χ1) is 15.4. The zero-order valence-corrected chi connectivity index (χ0v) is 19.5. The largest absolute Gasteiger partial charge is 0.351 e. The van der Waals surface area contributed by atoms with Gasteiger partial charge in [-0.3, -0.25) is 4.79 Å². The SMILES string of the molecule is CN(C)CCN(Cc1ccccc1)c1cc(Cl)nc(SCC(=O)Nc2ccc(F)cc2)n1. The van der Waals surface area contributed by atoms with Crippen molar-refractivity contribution in [3.05, 3.63) is 77.2 Å². The molecule has 168 valence electrons. The standard InChI is InChI=1S/C23H25ClFN5OS/c1-29(2)12-13-30(15-17-6-4-3-5-7-17)21-14-20(24)27-23(28-21)32-16-22(31)26-19-10-8-18(25)9-11-19/h3-11,14H,12-13,15-16H2,1-2H3,(H,26,31). The average Bonchev–Trinajstić information content (AvgIpc) is 2.77.